The first kappa shape index (κ1) is 11.0. The van der Waals surface area contributed by atoms with Crippen molar-refractivity contribution in [1.29, 1.82) is 0 Å². The molecular weight excluding hydrogens is 232 g/mol. The van der Waals surface area contributed by atoms with Crippen molar-refractivity contribution < 1.29 is 4.79 Å². The van der Waals surface area contributed by atoms with Crippen LogP contribution in [-0.4, -0.2) is 41.8 Å². The highest BCUT2D eigenvalue weighted by Gasteiger charge is 2.15. The molecule has 1 rings (SSSR count). The molecule has 0 bridgehead atoms. The zero-order chi connectivity index (χ0) is 9.68. The number of hydrogen-bond acceptors (Lipinski definition) is 2. The number of hydrogen-bond donors (Lipinski definition) is 1. The van der Waals surface area contributed by atoms with Gasteiger partial charge in [-0.2, -0.15) is 0 Å². The highest BCUT2D eigenvalue weighted by Crippen LogP contribution is 2.07. The Morgan fingerprint density at radius 1 is 1.54 bits per heavy atom. The van der Waals surface area contributed by atoms with Gasteiger partial charge in [-0.1, -0.05) is 15.9 Å². The van der Waals surface area contributed by atoms with Crippen LogP contribution in [0.1, 0.15) is 19.8 Å². The number of alkyl halides is 1. The van der Waals surface area contributed by atoms with Crippen LogP contribution in [0, 0.1) is 0 Å². The second-order valence-corrected chi connectivity index (χ2v) is 4.17. The monoisotopic (exact) mass is 248 g/mol. The summed E-state index contributed by atoms with van der Waals surface area (Å²) in [7, 11) is 0. The van der Waals surface area contributed by atoms with Gasteiger partial charge in [0.25, 0.3) is 0 Å². The Labute approximate surface area is 88.0 Å². The number of carbonyl (C=O) groups excluding carboxylic acids is 1. The van der Waals surface area contributed by atoms with E-state index in [1.165, 1.54) is 25.9 Å². The molecule has 1 saturated heterocycles. The van der Waals surface area contributed by atoms with Crippen molar-refractivity contribution in [1.82, 2.24) is 10.2 Å². The summed E-state index contributed by atoms with van der Waals surface area (Å²) < 4.78 is 0. The average molecular weight is 249 g/mol. The zero-order valence-corrected chi connectivity index (χ0v) is 9.64. The van der Waals surface area contributed by atoms with E-state index in [-0.39, 0.29) is 11.9 Å². The number of nitrogens with one attached hydrogen (secondary N) is 1. The van der Waals surface area contributed by atoms with E-state index in [2.05, 4.69) is 33.1 Å². The van der Waals surface area contributed by atoms with Crippen molar-refractivity contribution in [3.8, 4) is 0 Å². The normalized spacial score (nSPS) is 20.2. The molecule has 1 unspecified atom stereocenters. The van der Waals surface area contributed by atoms with Crippen LogP contribution in [0.3, 0.4) is 0 Å². The van der Waals surface area contributed by atoms with Crippen molar-refractivity contribution in [2.24, 2.45) is 0 Å². The van der Waals surface area contributed by atoms with Gasteiger partial charge in [-0.15, -0.1) is 0 Å². The highest BCUT2D eigenvalue weighted by atomic mass is 79.9. The molecule has 1 aliphatic rings. The number of likely N-dealkylation sites (tertiary alicyclic amines) is 1. The lowest BCUT2D eigenvalue weighted by atomic mass is 10.3. The molecule has 0 aromatic rings. The van der Waals surface area contributed by atoms with E-state index in [1.54, 1.807) is 0 Å². The lowest BCUT2D eigenvalue weighted by Crippen LogP contribution is -2.41. The molecule has 0 aromatic carbocycles. The molecule has 13 heavy (non-hydrogen) atoms. The predicted octanol–water partition coefficient (Wildman–Crippen LogP) is 0.982. The van der Waals surface area contributed by atoms with Gasteiger partial charge in [-0.3, -0.25) is 4.79 Å². The standard InChI is InChI=1S/C9H17BrN2O/c1-8(11-9(13)6-10)7-12-4-2-3-5-12/h8H,2-7H2,1H3,(H,11,13). The number of amides is 1. The van der Waals surface area contributed by atoms with Gasteiger partial charge < -0.3 is 10.2 Å². The third-order valence-corrected chi connectivity index (χ3v) is 2.77. The van der Waals surface area contributed by atoms with E-state index in [1.807, 2.05) is 0 Å². The quantitative estimate of drug-likeness (QED) is 0.753. The second-order valence-electron chi connectivity index (χ2n) is 3.61. The maximum absolute atomic E-state index is 11.0. The fourth-order valence-electron chi connectivity index (χ4n) is 1.71. The Bertz CT molecular complexity index is 169. The smallest absolute Gasteiger partial charge is 0.230 e. The van der Waals surface area contributed by atoms with E-state index >= 15 is 0 Å². The molecule has 1 N–H and O–H groups in total. The van der Waals surface area contributed by atoms with Crippen LogP contribution in [0.4, 0.5) is 0 Å². The third-order valence-electron chi connectivity index (χ3n) is 2.26. The van der Waals surface area contributed by atoms with E-state index < -0.39 is 0 Å². The first-order valence-corrected chi connectivity index (χ1v) is 5.92. The summed E-state index contributed by atoms with van der Waals surface area (Å²) in [4.78, 5) is 13.4. The highest BCUT2D eigenvalue weighted by molar-refractivity contribution is 9.09. The number of rotatable bonds is 4. The van der Waals surface area contributed by atoms with Crippen LogP contribution in [0.2, 0.25) is 0 Å². The molecule has 3 nitrogen and oxygen atoms in total. The largest absolute Gasteiger partial charge is 0.352 e. The number of carbonyl (C=O) groups is 1. The van der Waals surface area contributed by atoms with Gasteiger partial charge in [0.15, 0.2) is 0 Å². The number of halogens is 1. The van der Waals surface area contributed by atoms with Crippen LogP contribution in [0.5, 0.6) is 0 Å². The Morgan fingerprint density at radius 2 is 2.15 bits per heavy atom. The molecule has 1 aliphatic heterocycles. The van der Waals surface area contributed by atoms with Crippen molar-refractivity contribution in [2.75, 3.05) is 25.0 Å². The van der Waals surface area contributed by atoms with Crippen molar-refractivity contribution >= 4 is 21.8 Å². The van der Waals surface area contributed by atoms with E-state index in [9.17, 15) is 4.79 Å². The molecule has 0 aromatic heterocycles. The Kier molecular flexibility index (Phi) is 4.73. The number of nitrogens with zero attached hydrogens (tertiary/aromatic N) is 1. The maximum Gasteiger partial charge on any atom is 0.230 e. The molecule has 1 heterocycles. The lowest BCUT2D eigenvalue weighted by molar-refractivity contribution is -0.119. The Hall–Kier alpha value is -0.0900. The van der Waals surface area contributed by atoms with E-state index in [4.69, 9.17) is 0 Å². The first-order valence-electron chi connectivity index (χ1n) is 4.80. The maximum atomic E-state index is 11.0. The van der Waals surface area contributed by atoms with E-state index in [0.29, 0.717) is 5.33 Å². The first-order chi connectivity index (χ1) is 6.22. The SMILES string of the molecule is CC(CN1CCCC1)NC(=O)CBr. The topological polar surface area (TPSA) is 32.3 Å². The van der Waals surface area contributed by atoms with Gasteiger partial charge in [-0.05, 0) is 32.9 Å². The molecule has 4 heteroatoms. The molecule has 0 saturated carbocycles. The molecule has 0 radical (unpaired) electrons. The van der Waals surface area contributed by atoms with Gasteiger partial charge in [0, 0.05) is 12.6 Å². The Balaban J connectivity index is 2.16. The van der Waals surface area contributed by atoms with Gasteiger partial charge in [0.2, 0.25) is 5.91 Å². The van der Waals surface area contributed by atoms with Gasteiger partial charge in [-0.25, -0.2) is 0 Å². The zero-order valence-electron chi connectivity index (χ0n) is 8.05. The van der Waals surface area contributed by atoms with Crippen LogP contribution in [0.25, 0.3) is 0 Å². The predicted molar refractivity (Wildman–Crippen MR) is 57.1 cm³/mol. The summed E-state index contributed by atoms with van der Waals surface area (Å²) in [5.41, 5.74) is 0. The Morgan fingerprint density at radius 3 is 2.69 bits per heavy atom. The minimum Gasteiger partial charge on any atom is -0.352 e. The molecule has 1 atom stereocenters. The fourth-order valence-corrected chi connectivity index (χ4v) is 1.87. The fraction of sp³-hybridized carbons (Fsp3) is 0.889. The summed E-state index contributed by atoms with van der Waals surface area (Å²) in [6.45, 7) is 5.42. The minimum absolute atomic E-state index is 0.0756. The second kappa shape index (κ2) is 5.60. The summed E-state index contributed by atoms with van der Waals surface area (Å²) in [5, 5.41) is 3.33. The van der Waals surface area contributed by atoms with Crippen LogP contribution in [-0.2, 0) is 4.79 Å². The van der Waals surface area contributed by atoms with Gasteiger partial charge in [0.1, 0.15) is 0 Å². The average Bonchev–Trinajstić information content (AvgIpc) is 2.56. The third kappa shape index (κ3) is 4.09. The van der Waals surface area contributed by atoms with E-state index in [0.717, 1.165) is 6.54 Å². The summed E-state index contributed by atoms with van der Waals surface area (Å²) >= 11 is 3.13. The van der Waals surface area contributed by atoms with Crippen LogP contribution < -0.4 is 5.32 Å². The van der Waals surface area contributed by atoms with Crippen molar-refractivity contribution in [3.63, 3.8) is 0 Å². The lowest BCUT2D eigenvalue weighted by Gasteiger charge is -2.20. The van der Waals surface area contributed by atoms with Crippen LogP contribution >= 0.6 is 15.9 Å². The van der Waals surface area contributed by atoms with Crippen LogP contribution in [0.15, 0.2) is 0 Å². The molecule has 0 spiro atoms. The summed E-state index contributed by atoms with van der Waals surface area (Å²) in [6.07, 6.45) is 2.61. The van der Waals surface area contributed by atoms with Gasteiger partial charge >= 0.3 is 0 Å². The molecule has 1 fully saturated rings. The molecular formula is C9H17BrN2O. The molecule has 1 amide bonds. The summed E-state index contributed by atoms with van der Waals surface area (Å²) in [5.74, 6) is 0.0756. The molecule has 76 valence electrons. The summed E-state index contributed by atoms with van der Waals surface area (Å²) in [6, 6.07) is 0.267. The molecule has 0 aliphatic carbocycles. The van der Waals surface area contributed by atoms with Crippen molar-refractivity contribution in [2.45, 2.75) is 25.8 Å². The minimum atomic E-state index is 0.0756. The van der Waals surface area contributed by atoms with Crippen molar-refractivity contribution in [3.05, 3.63) is 0 Å². The van der Waals surface area contributed by atoms with Gasteiger partial charge in [0.05, 0.1) is 5.33 Å².